The zero-order chi connectivity index (χ0) is 28.5. The van der Waals surface area contributed by atoms with E-state index in [0.717, 1.165) is 61.1 Å². The summed E-state index contributed by atoms with van der Waals surface area (Å²) in [4.78, 5) is 14.3. The van der Waals surface area contributed by atoms with Crippen LogP contribution in [0.3, 0.4) is 0 Å². The quantitative estimate of drug-likeness (QED) is 0.318. The van der Waals surface area contributed by atoms with E-state index in [1.54, 1.807) is 12.0 Å². The van der Waals surface area contributed by atoms with Crippen molar-refractivity contribution in [1.29, 1.82) is 0 Å². The predicted molar refractivity (Wildman–Crippen MR) is 156 cm³/mol. The molecule has 1 aromatic carbocycles. The van der Waals surface area contributed by atoms with Crippen LogP contribution in [0.2, 0.25) is 0 Å². The zero-order valence-corrected chi connectivity index (χ0v) is 25.0. The standard InChI is InChI=1S/C32H47N3O5/c1-6-7-13-28-27(23-14-16-26(17-15-23)39-25-11-9-8-10-12-25)20-30(34-33-28)38-22-24-18-19-35(21-29(24)37-5)31(36)40-32(2,3)4/h14-17,20,24-25,29H,6-13,18-19,21-22H2,1-5H3/t24-,29-/m0/s1. The van der Waals surface area contributed by atoms with E-state index in [2.05, 4.69) is 41.4 Å². The van der Waals surface area contributed by atoms with E-state index in [1.807, 2.05) is 26.8 Å². The second kappa shape index (κ2) is 14.2. The number of rotatable bonds is 10. The molecule has 0 spiro atoms. The Morgan fingerprint density at radius 2 is 1.80 bits per heavy atom. The van der Waals surface area contributed by atoms with Crippen LogP contribution in [-0.2, 0) is 15.9 Å². The number of unbranched alkanes of at least 4 members (excludes halogenated alkanes) is 1. The van der Waals surface area contributed by atoms with Crippen molar-refractivity contribution >= 4 is 6.09 Å². The average Bonchev–Trinajstić information content (AvgIpc) is 2.95. The van der Waals surface area contributed by atoms with Crippen LogP contribution < -0.4 is 9.47 Å². The third-order valence-corrected chi connectivity index (χ3v) is 7.73. The normalized spacial score (nSPS) is 20.3. The highest BCUT2D eigenvalue weighted by molar-refractivity contribution is 5.68. The minimum atomic E-state index is -0.526. The van der Waals surface area contributed by atoms with E-state index in [9.17, 15) is 4.79 Å². The lowest BCUT2D eigenvalue weighted by Crippen LogP contribution is -2.50. The number of ether oxygens (including phenoxy) is 4. The van der Waals surface area contributed by atoms with Crippen molar-refractivity contribution in [2.75, 3.05) is 26.8 Å². The molecule has 2 aliphatic rings. The van der Waals surface area contributed by atoms with Gasteiger partial charge in [0.25, 0.3) is 0 Å². The highest BCUT2D eigenvalue weighted by Crippen LogP contribution is 2.30. The Morgan fingerprint density at radius 1 is 1.05 bits per heavy atom. The summed E-state index contributed by atoms with van der Waals surface area (Å²) in [5.41, 5.74) is 2.59. The second-order valence-corrected chi connectivity index (χ2v) is 12.1. The molecule has 8 heteroatoms. The first-order valence-corrected chi connectivity index (χ1v) is 15.0. The van der Waals surface area contributed by atoms with Gasteiger partial charge in [0.1, 0.15) is 11.4 Å². The Balaban J connectivity index is 1.41. The van der Waals surface area contributed by atoms with Crippen LogP contribution in [0.5, 0.6) is 11.6 Å². The molecule has 1 amide bonds. The number of methoxy groups -OCH3 is 1. The van der Waals surface area contributed by atoms with E-state index in [0.29, 0.717) is 31.7 Å². The fraction of sp³-hybridized carbons (Fsp3) is 0.656. The minimum absolute atomic E-state index is 0.130. The van der Waals surface area contributed by atoms with Gasteiger partial charge in [0.2, 0.25) is 5.88 Å². The Labute approximate surface area is 239 Å². The minimum Gasteiger partial charge on any atom is -0.490 e. The van der Waals surface area contributed by atoms with E-state index in [-0.39, 0.29) is 18.1 Å². The summed E-state index contributed by atoms with van der Waals surface area (Å²) in [6.07, 6.45) is 9.75. The van der Waals surface area contributed by atoms with Gasteiger partial charge in [0, 0.05) is 31.2 Å². The number of carbonyl (C=O) groups excluding carboxylic acids is 1. The maximum atomic E-state index is 12.6. The molecule has 0 bridgehead atoms. The molecule has 1 saturated heterocycles. The summed E-state index contributed by atoms with van der Waals surface area (Å²) in [5, 5.41) is 8.98. The summed E-state index contributed by atoms with van der Waals surface area (Å²) >= 11 is 0. The van der Waals surface area contributed by atoms with Crippen molar-refractivity contribution in [2.45, 2.75) is 103 Å². The van der Waals surface area contributed by atoms with Gasteiger partial charge in [0.15, 0.2) is 0 Å². The van der Waals surface area contributed by atoms with Crippen LogP contribution in [0.15, 0.2) is 30.3 Å². The van der Waals surface area contributed by atoms with Crippen LogP contribution in [0.25, 0.3) is 11.1 Å². The van der Waals surface area contributed by atoms with Gasteiger partial charge in [-0.05, 0) is 83.4 Å². The van der Waals surface area contributed by atoms with Gasteiger partial charge in [-0.3, -0.25) is 0 Å². The molecular formula is C32H47N3O5. The van der Waals surface area contributed by atoms with Gasteiger partial charge >= 0.3 is 6.09 Å². The Kier molecular flexibility index (Phi) is 10.6. The van der Waals surface area contributed by atoms with Crippen molar-refractivity contribution < 1.29 is 23.7 Å². The fourth-order valence-electron chi connectivity index (χ4n) is 5.44. The number of hydrogen-bond donors (Lipinski definition) is 0. The highest BCUT2D eigenvalue weighted by Gasteiger charge is 2.34. The van der Waals surface area contributed by atoms with E-state index in [1.165, 1.54) is 19.3 Å². The molecule has 0 unspecified atom stereocenters. The third kappa shape index (κ3) is 8.56. The highest BCUT2D eigenvalue weighted by atomic mass is 16.6. The van der Waals surface area contributed by atoms with Gasteiger partial charge in [-0.2, -0.15) is 5.10 Å². The number of benzene rings is 1. The molecule has 2 heterocycles. The smallest absolute Gasteiger partial charge is 0.410 e. The van der Waals surface area contributed by atoms with Crippen molar-refractivity contribution in [3.63, 3.8) is 0 Å². The first-order chi connectivity index (χ1) is 19.3. The molecular weight excluding hydrogens is 506 g/mol. The van der Waals surface area contributed by atoms with E-state index < -0.39 is 5.60 Å². The number of carbonyl (C=O) groups is 1. The van der Waals surface area contributed by atoms with Crippen LogP contribution in [-0.4, -0.2) is 65.8 Å². The maximum absolute atomic E-state index is 12.6. The first-order valence-electron chi connectivity index (χ1n) is 15.0. The largest absolute Gasteiger partial charge is 0.490 e. The van der Waals surface area contributed by atoms with Gasteiger partial charge in [-0.15, -0.1) is 5.10 Å². The van der Waals surface area contributed by atoms with Crippen LogP contribution in [0, 0.1) is 5.92 Å². The molecule has 2 atom stereocenters. The average molecular weight is 554 g/mol. The van der Waals surface area contributed by atoms with Crippen LogP contribution >= 0.6 is 0 Å². The molecule has 1 aromatic heterocycles. The summed E-state index contributed by atoms with van der Waals surface area (Å²) in [6, 6.07) is 10.4. The predicted octanol–water partition coefficient (Wildman–Crippen LogP) is 6.85. The van der Waals surface area contributed by atoms with E-state index >= 15 is 0 Å². The Morgan fingerprint density at radius 3 is 2.48 bits per heavy atom. The maximum Gasteiger partial charge on any atom is 0.410 e. The molecule has 1 aliphatic heterocycles. The number of hydrogen-bond acceptors (Lipinski definition) is 7. The molecule has 8 nitrogen and oxygen atoms in total. The van der Waals surface area contributed by atoms with Crippen LogP contribution in [0.4, 0.5) is 4.79 Å². The van der Waals surface area contributed by atoms with Gasteiger partial charge in [0.05, 0.1) is 31.1 Å². The first kappa shape index (κ1) is 30.1. The van der Waals surface area contributed by atoms with Crippen molar-refractivity contribution in [3.8, 4) is 22.8 Å². The van der Waals surface area contributed by atoms with Gasteiger partial charge < -0.3 is 23.8 Å². The molecule has 40 heavy (non-hydrogen) atoms. The monoisotopic (exact) mass is 553 g/mol. The third-order valence-electron chi connectivity index (χ3n) is 7.73. The lowest BCUT2D eigenvalue weighted by Gasteiger charge is -2.38. The Bertz CT molecular complexity index is 1080. The number of aryl methyl sites for hydroxylation is 1. The number of aromatic nitrogens is 2. The lowest BCUT2D eigenvalue weighted by atomic mass is 9.94. The molecule has 0 N–H and O–H groups in total. The fourth-order valence-corrected chi connectivity index (χ4v) is 5.44. The van der Waals surface area contributed by atoms with Gasteiger partial charge in [-0.25, -0.2) is 4.79 Å². The molecule has 4 rings (SSSR count). The summed E-state index contributed by atoms with van der Waals surface area (Å²) in [5.74, 6) is 1.56. The number of amides is 1. The molecule has 220 valence electrons. The lowest BCUT2D eigenvalue weighted by molar-refractivity contribution is -0.0384. The number of likely N-dealkylation sites (tertiary alicyclic amines) is 1. The molecule has 0 radical (unpaired) electrons. The van der Waals surface area contributed by atoms with E-state index in [4.69, 9.17) is 18.9 Å². The molecule has 2 fully saturated rings. The SMILES string of the molecule is CCCCc1nnc(OC[C@@H]2CCN(C(=O)OC(C)(C)C)C[C@@H]2OC)cc1-c1ccc(OC2CCCCC2)cc1. The van der Waals surface area contributed by atoms with Gasteiger partial charge in [-0.1, -0.05) is 31.9 Å². The zero-order valence-electron chi connectivity index (χ0n) is 25.0. The summed E-state index contributed by atoms with van der Waals surface area (Å²) in [7, 11) is 1.68. The molecule has 1 saturated carbocycles. The summed E-state index contributed by atoms with van der Waals surface area (Å²) < 4.78 is 23.7. The molecule has 1 aliphatic carbocycles. The number of nitrogens with zero attached hydrogens (tertiary/aromatic N) is 3. The number of piperidine rings is 1. The van der Waals surface area contributed by atoms with Crippen LogP contribution in [0.1, 0.15) is 84.8 Å². The topological polar surface area (TPSA) is 83.0 Å². The molecule has 2 aromatic rings. The summed E-state index contributed by atoms with van der Waals surface area (Å²) in [6.45, 7) is 9.33. The second-order valence-electron chi connectivity index (χ2n) is 12.1. The Hall–Kier alpha value is -2.87. The van der Waals surface area contributed by atoms with Crippen molar-refractivity contribution in [1.82, 2.24) is 15.1 Å². The van der Waals surface area contributed by atoms with Crippen molar-refractivity contribution in [2.24, 2.45) is 5.92 Å². The van der Waals surface area contributed by atoms with Crippen molar-refractivity contribution in [3.05, 3.63) is 36.0 Å².